The predicted molar refractivity (Wildman–Crippen MR) is 321 cm³/mol. The van der Waals surface area contributed by atoms with E-state index in [2.05, 4.69) is 79.9 Å². The van der Waals surface area contributed by atoms with E-state index in [-0.39, 0.29) is 12.8 Å². The first-order valence-electron chi connectivity index (χ1n) is 32.2. The summed E-state index contributed by atoms with van der Waals surface area (Å²) in [7, 11) is 0. The Morgan fingerprint density at radius 3 is 1.23 bits per heavy atom. The molecular weight excluding hydrogens is 967 g/mol. The fourth-order valence-corrected chi connectivity index (χ4v) is 10.0. The molecule has 1 amide bonds. The van der Waals surface area contributed by atoms with Crippen molar-refractivity contribution in [1.82, 2.24) is 5.32 Å². The number of hydrogen-bond acceptors (Lipinski definition) is 10. The Morgan fingerprint density at radius 1 is 0.455 bits per heavy atom. The van der Waals surface area contributed by atoms with Crippen molar-refractivity contribution in [3.8, 4) is 0 Å². The Bertz CT molecular complexity index is 1430. The molecule has 1 heterocycles. The summed E-state index contributed by atoms with van der Waals surface area (Å²) in [6, 6.07) is -1.20. The molecule has 1 rings (SSSR count). The van der Waals surface area contributed by atoms with Gasteiger partial charge in [-0.1, -0.05) is 248 Å². The molecule has 0 bridgehead atoms. The Kier molecular flexibility index (Phi) is 51.4. The van der Waals surface area contributed by atoms with Gasteiger partial charge in [0.05, 0.1) is 25.4 Å². The molecule has 1 aliphatic heterocycles. The molecule has 0 aromatic carbocycles. The maximum absolute atomic E-state index is 13.2. The van der Waals surface area contributed by atoms with Crippen LogP contribution in [0.3, 0.4) is 0 Å². The van der Waals surface area contributed by atoms with Crippen LogP contribution in [-0.4, -0.2) is 110 Å². The fraction of sp³-hybridized carbons (Fsp3) is 0.833. The van der Waals surface area contributed by atoms with Crippen LogP contribution in [-0.2, 0) is 14.3 Å². The van der Waals surface area contributed by atoms with Crippen molar-refractivity contribution < 1.29 is 50.0 Å². The molecule has 1 fully saturated rings. The minimum Gasteiger partial charge on any atom is -0.394 e. The van der Waals surface area contributed by atoms with Crippen LogP contribution in [0.1, 0.15) is 284 Å². The van der Waals surface area contributed by atoms with Crippen molar-refractivity contribution >= 4 is 5.91 Å². The van der Waals surface area contributed by atoms with Gasteiger partial charge in [-0.3, -0.25) is 4.79 Å². The normalized spacial score (nSPS) is 19.9. The van der Waals surface area contributed by atoms with Gasteiger partial charge >= 0.3 is 0 Å². The number of rotatable bonds is 55. The van der Waals surface area contributed by atoms with Gasteiger partial charge in [-0.2, -0.15) is 0 Å². The summed E-state index contributed by atoms with van der Waals surface area (Å²) >= 11 is 0. The lowest BCUT2D eigenvalue weighted by Gasteiger charge is -2.40. The standard InChI is InChI=1S/C66H121NO10/c1-3-5-7-9-11-13-15-17-19-21-23-25-27-28-29-30-31-32-34-36-38-40-42-44-46-48-50-52-54-59(70)65(75)67-57(56-76-66-64(74)63(73)62(72)60(55-68)77-66)61(71)58(69)53-51-49-47-45-43-41-39-37-35-33-26-24-22-20-18-16-14-12-10-8-6-4-2/h23-26,28-29,37,39,45,47,57-64,66,68-74H,3-22,27,30-36,38,40-44,46,48-56H2,1-2H3,(H,67,75)/b25-23-,26-24+,29-28-,39-37+,47-45+. The highest BCUT2D eigenvalue weighted by atomic mass is 16.7. The van der Waals surface area contributed by atoms with Crippen LogP contribution in [0.2, 0.25) is 0 Å². The lowest BCUT2D eigenvalue weighted by molar-refractivity contribution is -0.303. The van der Waals surface area contributed by atoms with Crippen LogP contribution >= 0.6 is 0 Å². The molecule has 11 nitrogen and oxygen atoms in total. The predicted octanol–water partition coefficient (Wildman–Crippen LogP) is 14.6. The van der Waals surface area contributed by atoms with E-state index >= 15 is 0 Å². The second-order valence-corrected chi connectivity index (χ2v) is 22.5. The average molecular weight is 1090 g/mol. The first kappa shape index (κ1) is 72.8. The minimum absolute atomic E-state index is 0.239. The van der Waals surface area contributed by atoms with Crippen molar-refractivity contribution in [2.45, 2.75) is 339 Å². The molecule has 8 N–H and O–H groups in total. The number of carbonyl (C=O) groups excluding carboxylic acids is 1. The zero-order chi connectivity index (χ0) is 56.1. The molecule has 0 saturated carbocycles. The molecule has 77 heavy (non-hydrogen) atoms. The van der Waals surface area contributed by atoms with Gasteiger partial charge in [0.25, 0.3) is 0 Å². The summed E-state index contributed by atoms with van der Waals surface area (Å²) in [4.78, 5) is 13.2. The fourth-order valence-electron chi connectivity index (χ4n) is 10.0. The van der Waals surface area contributed by atoms with Crippen LogP contribution in [0, 0.1) is 0 Å². The highest BCUT2D eigenvalue weighted by Crippen LogP contribution is 2.23. The summed E-state index contributed by atoms with van der Waals surface area (Å²) in [5.74, 6) is -0.713. The molecular formula is C66H121NO10. The van der Waals surface area contributed by atoms with Crippen LogP contribution in [0.15, 0.2) is 60.8 Å². The van der Waals surface area contributed by atoms with Crippen molar-refractivity contribution in [3.63, 3.8) is 0 Å². The first-order chi connectivity index (χ1) is 37.7. The SMILES string of the molecule is CCCCCCCCCCC/C=C\C/C=C\CCCCCCCCCCCCCCC(O)C(=O)NC(COC1OC(CO)C(O)C(O)C1O)C(O)C(O)CCC/C=C/CC/C=C/CC/C=C/CCCCCCCCCCC. The minimum atomic E-state index is -1.68. The molecule has 0 spiro atoms. The molecule has 1 aliphatic rings. The first-order valence-corrected chi connectivity index (χ1v) is 32.2. The van der Waals surface area contributed by atoms with Gasteiger partial charge in [-0.05, 0) is 96.3 Å². The van der Waals surface area contributed by atoms with Gasteiger partial charge in [0, 0.05) is 0 Å². The number of carbonyl (C=O) groups is 1. The summed E-state index contributed by atoms with van der Waals surface area (Å²) in [5.41, 5.74) is 0. The molecule has 0 aliphatic carbocycles. The number of nitrogens with one attached hydrogen (secondary N) is 1. The van der Waals surface area contributed by atoms with Crippen LogP contribution in [0.5, 0.6) is 0 Å². The largest absolute Gasteiger partial charge is 0.394 e. The van der Waals surface area contributed by atoms with E-state index in [1.807, 2.05) is 0 Å². The third-order valence-electron chi connectivity index (χ3n) is 15.2. The molecule has 450 valence electrons. The van der Waals surface area contributed by atoms with E-state index in [0.29, 0.717) is 19.3 Å². The number of amides is 1. The van der Waals surface area contributed by atoms with Gasteiger partial charge in [-0.25, -0.2) is 0 Å². The van der Waals surface area contributed by atoms with Crippen molar-refractivity contribution in [2.24, 2.45) is 0 Å². The van der Waals surface area contributed by atoms with E-state index in [9.17, 15) is 40.5 Å². The lowest BCUT2D eigenvalue weighted by Crippen LogP contribution is -2.60. The quantitative estimate of drug-likeness (QED) is 0.0215. The molecule has 0 aromatic rings. The zero-order valence-corrected chi connectivity index (χ0v) is 49.4. The third kappa shape index (κ3) is 42.3. The van der Waals surface area contributed by atoms with E-state index in [4.69, 9.17) is 9.47 Å². The van der Waals surface area contributed by atoms with E-state index < -0.39 is 74.2 Å². The Morgan fingerprint density at radius 2 is 0.818 bits per heavy atom. The van der Waals surface area contributed by atoms with Gasteiger partial charge in [0.2, 0.25) is 5.91 Å². The van der Waals surface area contributed by atoms with Crippen molar-refractivity contribution in [3.05, 3.63) is 60.8 Å². The van der Waals surface area contributed by atoms with E-state index in [0.717, 1.165) is 51.4 Å². The highest BCUT2D eigenvalue weighted by molar-refractivity contribution is 5.80. The number of aliphatic hydroxyl groups excluding tert-OH is 7. The topological polar surface area (TPSA) is 189 Å². The van der Waals surface area contributed by atoms with Gasteiger partial charge in [0.1, 0.15) is 36.6 Å². The number of allylic oxidation sites excluding steroid dienone is 10. The van der Waals surface area contributed by atoms with Crippen LogP contribution in [0.25, 0.3) is 0 Å². The monoisotopic (exact) mass is 1090 g/mol. The van der Waals surface area contributed by atoms with Gasteiger partial charge < -0.3 is 50.5 Å². The summed E-state index contributed by atoms with van der Waals surface area (Å²) < 4.78 is 11.1. The maximum Gasteiger partial charge on any atom is 0.249 e. The molecule has 0 radical (unpaired) electrons. The second kappa shape index (κ2) is 54.4. The van der Waals surface area contributed by atoms with Gasteiger partial charge in [0.15, 0.2) is 6.29 Å². The lowest BCUT2D eigenvalue weighted by atomic mass is 9.98. The van der Waals surface area contributed by atoms with Crippen LogP contribution in [0.4, 0.5) is 0 Å². The third-order valence-corrected chi connectivity index (χ3v) is 15.2. The number of ether oxygens (including phenoxy) is 2. The van der Waals surface area contributed by atoms with Crippen LogP contribution < -0.4 is 5.32 Å². The number of aliphatic hydroxyl groups is 7. The average Bonchev–Trinajstić information content (AvgIpc) is 3.43. The summed E-state index contributed by atoms with van der Waals surface area (Å²) in [6.07, 6.45) is 60.0. The maximum atomic E-state index is 13.2. The summed E-state index contributed by atoms with van der Waals surface area (Å²) in [5, 5.41) is 76.3. The molecule has 11 heteroatoms. The number of unbranched alkanes of at least 4 members (excludes halogenated alkanes) is 33. The number of hydrogen-bond donors (Lipinski definition) is 8. The molecule has 9 atom stereocenters. The molecule has 1 saturated heterocycles. The molecule has 0 aromatic heterocycles. The smallest absolute Gasteiger partial charge is 0.249 e. The zero-order valence-electron chi connectivity index (χ0n) is 49.4. The van der Waals surface area contributed by atoms with E-state index in [1.54, 1.807) is 0 Å². The summed E-state index contributed by atoms with van der Waals surface area (Å²) in [6.45, 7) is 3.46. The second-order valence-electron chi connectivity index (χ2n) is 22.5. The Balaban J connectivity index is 2.29. The van der Waals surface area contributed by atoms with Gasteiger partial charge in [-0.15, -0.1) is 0 Å². The Labute approximate surface area is 472 Å². The van der Waals surface area contributed by atoms with Crippen molar-refractivity contribution in [2.75, 3.05) is 13.2 Å². The Hall–Kier alpha value is -2.19. The van der Waals surface area contributed by atoms with E-state index in [1.165, 1.54) is 186 Å². The van der Waals surface area contributed by atoms with Crippen molar-refractivity contribution in [1.29, 1.82) is 0 Å². The highest BCUT2D eigenvalue weighted by Gasteiger charge is 2.44. The molecule has 9 unspecified atom stereocenters.